The first-order valence-electron chi connectivity index (χ1n) is 7.09. The van der Waals surface area contributed by atoms with Gasteiger partial charge in [0.2, 0.25) is 0 Å². The summed E-state index contributed by atoms with van der Waals surface area (Å²) in [6.45, 7) is 7.01. The summed E-state index contributed by atoms with van der Waals surface area (Å²) in [5.41, 5.74) is 3.23. The molecule has 0 bridgehead atoms. The van der Waals surface area contributed by atoms with E-state index in [1.807, 2.05) is 0 Å². The third-order valence-corrected chi connectivity index (χ3v) is 9.71. The van der Waals surface area contributed by atoms with Gasteiger partial charge in [-0.05, 0) is 6.42 Å². The van der Waals surface area contributed by atoms with Gasteiger partial charge < -0.3 is 0 Å². The number of hydrogen-bond donors (Lipinski definition) is 0. The molecule has 0 saturated carbocycles. The second kappa shape index (κ2) is 5.70. The molecule has 0 aliphatic heterocycles. The van der Waals surface area contributed by atoms with Crippen LogP contribution in [0.25, 0.3) is 0 Å². The lowest BCUT2D eigenvalue weighted by atomic mass is 10.2. The van der Waals surface area contributed by atoms with Crippen LogP contribution in [0.4, 0.5) is 0 Å². The second-order valence-electron chi connectivity index (χ2n) is 4.97. The number of hydrogen-bond acceptors (Lipinski definition) is 0. The average molecular weight is 255 g/mol. The van der Waals surface area contributed by atoms with E-state index in [1.165, 1.54) is 12.1 Å². The van der Waals surface area contributed by atoms with Gasteiger partial charge in [0.1, 0.15) is 8.07 Å². The summed E-state index contributed by atoms with van der Waals surface area (Å²) >= 11 is 0. The Kier molecular flexibility index (Phi) is 4.23. The van der Waals surface area contributed by atoms with Gasteiger partial charge in [-0.25, -0.2) is 0 Å². The van der Waals surface area contributed by atoms with E-state index in [2.05, 4.69) is 69.3 Å². The molecule has 0 heterocycles. The van der Waals surface area contributed by atoms with Gasteiger partial charge in [0.15, 0.2) is 0 Å². The Labute approximate surface area is 112 Å². The van der Waals surface area contributed by atoms with Gasteiger partial charge >= 0.3 is 0 Å². The summed E-state index contributed by atoms with van der Waals surface area (Å²) in [6.07, 6.45) is 8.09. The third kappa shape index (κ3) is 2.12. The maximum Gasteiger partial charge on any atom is 0.102 e. The molecular weight excluding hydrogens is 232 g/mol. The molecule has 0 fully saturated rings. The fraction of sp³-hybridized carbons (Fsp3) is 0.353. The van der Waals surface area contributed by atoms with Crippen molar-refractivity contribution in [1.29, 1.82) is 0 Å². The Bertz CT molecular complexity index is 438. The first kappa shape index (κ1) is 13.4. The largest absolute Gasteiger partial charge is 0.102 e. The highest BCUT2D eigenvalue weighted by Crippen LogP contribution is 2.37. The maximum absolute atomic E-state index is 2.38. The minimum Gasteiger partial charge on any atom is -0.0757 e. The fourth-order valence-electron chi connectivity index (χ4n) is 3.18. The van der Waals surface area contributed by atoms with E-state index in [0.29, 0.717) is 0 Å². The first-order valence-corrected chi connectivity index (χ1v) is 9.50. The van der Waals surface area contributed by atoms with Crippen molar-refractivity contribution in [2.24, 2.45) is 0 Å². The van der Waals surface area contributed by atoms with Crippen molar-refractivity contribution < 1.29 is 0 Å². The van der Waals surface area contributed by atoms with Crippen molar-refractivity contribution in [3.63, 3.8) is 0 Å². The van der Waals surface area contributed by atoms with Crippen molar-refractivity contribution in [3.05, 3.63) is 59.7 Å². The number of benzene rings is 1. The molecule has 1 aliphatic rings. The van der Waals surface area contributed by atoms with Gasteiger partial charge in [-0.2, -0.15) is 0 Å². The average Bonchev–Trinajstić information content (AvgIpc) is 2.91. The van der Waals surface area contributed by atoms with Crippen LogP contribution in [-0.2, 0) is 0 Å². The second-order valence-corrected chi connectivity index (χ2v) is 9.67. The molecule has 0 amide bonds. The minimum atomic E-state index is -1.51. The van der Waals surface area contributed by atoms with Crippen LogP contribution in [0.2, 0.25) is 12.1 Å². The van der Waals surface area contributed by atoms with Crippen LogP contribution in [0, 0.1) is 5.54 Å². The molecule has 0 saturated heterocycles. The zero-order chi connectivity index (χ0) is 13.0. The number of allylic oxidation sites excluding steroid dienone is 4. The van der Waals surface area contributed by atoms with Crippen molar-refractivity contribution in [2.45, 2.75) is 39.3 Å². The summed E-state index contributed by atoms with van der Waals surface area (Å²) < 4.78 is 0. The lowest BCUT2D eigenvalue weighted by molar-refractivity contribution is 1.09. The van der Waals surface area contributed by atoms with E-state index in [1.54, 1.807) is 16.3 Å². The van der Waals surface area contributed by atoms with E-state index in [0.717, 1.165) is 6.42 Å². The van der Waals surface area contributed by atoms with Crippen LogP contribution >= 0.6 is 0 Å². The number of rotatable bonds is 5. The zero-order valence-corrected chi connectivity index (χ0v) is 12.7. The Hall–Kier alpha value is -1.08. The molecule has 0 aromatic heterocycles. The predicted octanol–water partition coefficient (Wildman–Crippen LogP) is 4.40. The van der Waals surface area contributed by atoms with E-state index in [-0.39, 0.29) is 0 Å². The highest BCUT2D eigenvalue weighted by Gasteiger charge is 2.41. The topological polar surface area (TPSA) is 0 Å². The zero-order valence-electron chi connectivity index (χ0n) is 11.7. The van der Waals surface area contributed by atoms with Crippen molar-refractivity contribution in [1.82, 2.24) is 0 Å². The van der Waals surface area contributed by atoms with Crippen molar-refractivity contribution in [2.75, 3.05) is 0 Å². The van der Waals surface area contributed by atoms with Crippen molar-refractivity contribution in [3.8, 4) is 0 Å². The van der Waals surface area contributed by atoms with Gasteiger partial charge in [-0.3, -0.25) is 0 Å². The van der Waals surface area contributed by atoms with Gasteiger partial charge in [0, 0.05) is 5.54 Å². The molecule has 18 heavy (non-hydrogen) atoms. The van der Waals surface area contributed by atoms with E-state index >= 15 is 0 Å². The predicted molar refractivity (Wildman–Crippen MR) is 83.5 cm³/mol. The molecule has 95 valence electrons. The summed E-state index contributed by atoms with van der Waals surface area (Å²) in [7, 11) is -1.51. The molecule has 1 aromatic rings. The van der Waals surface area contributed by atoms with Crippen LogP contribution in [0.5, 0.6) is 0 Å². The molecule has 1 aromatic carbocycles. The molecule has 0 nitrogen and oxygen atoms in total. The van der Waals surface area contributed by atoms with Gasteiger partial charge in [0.05, 0.1) is 0 Å². The highest BCUT2D eigenvalue weighted by molar-refractivity contribution is 6.97. The first-order chi connectivity index (χ1) is 8.78. The third-order valence-electron chi connectivity index (χ3n) is 4.34. The van der Waals surface area contributed by atoms with Crippen LogP contribution in [-0.4, -0.2) is 8.07 Å². The van der Waals surface area contributed by atoms with Gasteiger partial charge in [-0.1, -0.05) is 92.2 Å². The van der Waals surface area contributed by atoms with Crippen LogP contribution in [0.15, 0.2) is 54.1 Å². The summed E-state index contributed by atoms with van der Waals surface area (Å²) in [5.74, 6) is 0. The summed E-state index contributed by atoms with van der Waals surface area (Å²) in [6, 6.07) is 13.8. The molecule has 0 N–H and O–H groups in total. The van der Waals surface area contributed by atoms with Crippen molar-refractivity contribution >= 4 is 13.3 Å². The standard InChI is InChI=1S/C17H23Si/c1-4-15-11-10-14-17(15)18(5-2,6-3)16-12-8-7-9-13-16/h7-14H,4-6H2,1-3H3. The Balaban J connectivity index is 2.45. The smallest absolute Gasteiger partial charge is 0.0757 e. The minimum absolute atomic E-state index is 1.16. The summed E-state index contributed by atoms with van der Waals surface area (Å²) in [4.78, 5) is 0. The molecule has 1 aliphatic carbocycles. The molecule has 2 rings (SSSR count). The monoisotopic (exact) mass is 255 g/mol. The Morgan fingerprint density at radius 1 is 0.944 bits per heavy atom. The van der Waals surface area contributed by atoms with Crippen LogP contribution < -0.4 is 5.19 Å². The quantitative estimate of drug-likeness (QED) is 0.684. The van der Waals surface area contributed by atoms with Gasteiger partial charge in [0.25, 0.3) is 0 Å². The molecular formula is C17H23Si. The Morgan fingerprint density at radius 3 is 2.17 bits per heavy atom. The Morgan fingerprint density at radius 2 is 1.61 bits per heavy atom. The van der Waals surface area contributed by atoms with Crippen LogP contribution in [0.1, 0.15) is 27.2 Å². The molecule has 0 unspecified atom stereocenters. The molecule has 1 radical (unpaired) electrons. The lowest BCUT2D eigenvalue weighted by Crippen LogP contribution is -2.52. The highest BCUT2D eigenvalue weighted by atomic mass is 28.3. The van der Waals surface area contributed by atoms with E-state index in [4.69, 9.17) is 0 Å². The normalized spacial score (nSPS) is 16.1. The van der Waals surface area contributed by atoms with Gasteiger partial charge in [-0.15, -0.1) is 0 Å². The fourth-order valence-corrected chi connectivity index (χ4v) is 7.69. The molecule has 0 atom stereocenters. The molecule has 0 spiro atoms. The lowest BCUT2D eigenvalue weighted by Gasteiger charge is -2.36. The van der Waals surface area contributed by atoms with E-state index in [9.17, 15) is 0 Å². The van der Waals surface area contributed by atoms with Crippen LogP contribution in [0.3, 0.4) is 0 Å². The molecule has 1 heteroatoms. The van der Waals surface area contributed by atoms with E-state index < -0.39 is 8.07 Å². The summed E-state index contributed by atoms with van der Waals surface area (Å²) in [5, 5.41) is 1.59. The maximum atomic E-state index is 2.38. The SMILES string of the molecule is CCC1=CC=C[C]1[Si](CC)(CC)c1ccccc1.